The van der Waals surface area contributed by atoms with E-state index in [0.29, 0.717) is 0 Å². The summed E-state index contributed by atoms with van der Waals surface area (Å²) in [5.74, 6) is -0.0371. The van der Waals surface area contributed by atoms with Crippen molar-refractivity contribution in [3.63, 3.8) is 0 Å². The lowest BCUT2D eigenvalue weighted by Gasteiger charge is -2.11. The van der Waals surface area contributed by atoms with Gasteiger partial charge < -0.3 is 5.32 Å². The number of carbonyl (C=O) groups is 1. The summed E-state index contributed by atoms with van der Waals surface area (Å²) in [6.45, 7) is 2.00. The SMILES string of the molecule is Cc1ccccc1NC(=O)c1ccc2c3c(cccc13)CC2. The highest BCUT2D eigenvalue weighted by Crippen LogP contribution is 2.33. The van der Waals surface area contributed by atoms with Gasteiger partial charge >= 0.3 is 0 Å². The third kappa shape index (κ3) is 2.00. The highest BCUT2D eigenvalue weighted by Gasteiger charge is 2.18. The molecule has 0 fully saturated rings. The molecule has 1 aliphatic rings. The summed E-state index contributed by atoms with van der Waals surface area (Å²) in [5.41, 5.74) is 5.42. The quantitative estimate of drug-likeness (QED) is 0.738. The number of benzene rings is 3. The van der Waals surface area contributed by atoms with Crippen LogP contribution in [-0.4, -0.2) is 5.91 Å². The molecule has 0 radical (unpaired) electrons. The van der Waals surface area contributed by atoms with Crippen molar-refractivity contribution in [1.29, 1.82) is 0 Å². The second-order valence-electron chi connectivity index (χ2n) is 5.88. The smallest absolute Gasteiger partial charge is 0.256 e. The largest absolute Gasteiger partial charge is 0.322 e. The average molecular weight is 287 g/mol. The minimum Gasteiger partial charge on any atom is -0.322 e. The van der Waals surface area contributed by atoms with Crippen LogP contribution in [0.25, 0.3) is 10.8 Å². The molecule has 1 amide bonds. The average Bonchev–Trinajstić information content (AvgIpc) is 2.95. The summed E-state index contributed by atoms with van der Waals surface area (Å²) in [4.78, 5) is 12.7. The summed E-state index contributed by atoms with van der Waals surface area (Å²) in [7, 11) is 0. The maximum absolute atomic E-state index is 12.7. The number of nitrogens with one attached hydrogen (secondary N) is 1. The lowest BCUT2D eigenvalue weighted by Crippen LogP contribution is -2.13. The summed E-state index contributed by atoms with van der Waals surface area (Å²) < 4.78 is 0. The molecule has 4 rings (SSSR count). The van der Waals surface area contributed by atoms with E-state index in [2.05, 4.69) is 29.6 Å². The van der Waals surface area contributed by atoms with Crippen molar-refractivity contribution in [3.05, 3.63) is 76.9 Å². The highest BCUT2D eigenvalue weighted by atomic mass is 16.1. The molecule has 22 heavy (non-hydrogen) atoms. The minimum atomic E-state index is -0.0371. The first-order chi connectivity index (χ1) is 10.7. The molecule has 0 heterocycles. The van der Waals surface area contributed by atoms with Crippen LogP contribution in [-0.2, 0) is 12.8 Å². The van der Waals surface area contributed by atoms with Crippen molar-refractivity contribution >= 4 is 22.4 Å². The van der Waals surface area contributed by atoms with E-state index in [-0.39, 0.29) is 5.91 Å². The third-order valence-corrected chi connectivity index (χ3v) is 4.51. The van der Waals surface area contributed by atoms with Gasteiger partial charge in [-0.15, -0.1) is 0 Å². The van der Waals surface area contributed by atoms with E-state index in [1.54, 1.807) is 0 Å². The number of carbonyl (C=O) groups excluding carboxylic acids is 1. The summed E-state index contributed by atoms with van der Waals surface area (Å²) >= 11 is 0. The van der Waals surface area contributed by atoms with Crippen LogP contribution in [0.4, 0.5) is 5.69 Å². The monoisotopic (exact) mass is 287 g/mol. The van der Waals surface area contributed by atoms with Crippen molar-refractivity contribution in [1.82, 2.24) is 0 Å². The number of para-hydroxylation sites is 1. The van der Waals surface area contributed by atoms with Crippen LogP contribution in [0, 0.1) is 6.92 Å². The maximum atomic E-state index is 12.7. The number of amides is 1. The molecule has 0 saturated heterocycles. The number of hydrogen-bond acceptors (Lipinski definition) is 1. The first kappa shape index (κ1) is 13.1. The molecule has 108 valence electrons. The molecule has 1 aliphatic carbocycles. The highest BCUT2D eigenvalue weighted by molar-refractivity contribution is 6.14. The van der Waals surface area contributed by atoms with Gasteiger partial charge in [-0.1, -0.05) is 42.5 Å². The van der Waals surface area contributed by atoms with Gasteiger partial charge in [0.25, 0.3) is 5.91 Å². The van der Waals surface area contributed by atoms with Crippen LogP contribution in [0.3, 0.4) is 0 Å². The molecule has 1 N–H and O–H groups in total. The van der Waals surface area contributed by atoms with Gasteiger partial charge in [0.1, 0.15) is 0 Å². The van der Waals surface area contributed by atoms with Crippen molar-refractivity contribution in [2.45, 2.75) is 19.8 Å². The Morgan fingerprint density at radius 2 is 1.68 bits per heavy atom. The Morgan fingerprint density at radius 3 is 2.50 bits per heavy atom. The normalized spacial score (nSPS) is 12.6. The van der Waals surface area contributed by atoms with E-state index in [1.807, 2.05) is 37.3 Å². The van der Waals surface area contributed by atoms with Gasteiger partial charge in [-0.25, -0.2) is 0 Å². The topological polar surface area (TPSA) is 29.1 Å². The van der Waals surface area contributed by atoms with E-state index in [0.717, 1.165) is 35.0 Å². The summed E-state index contributed by atoms with van der Waals surface area (Å²) in [6, 6.07) is 18.2. The van der Waals surface area contributed by atoms with E-state index >= 15 is 0 Å². The molecule has 0 saturated carbocycles. The fourth-order valence-corrected chi connectivity index (χ4v) is 3.35. The van der Waals surface area contributed by atoms with Crippen LogP contribution in [0.1, 0.15) is 27.0 Å². The zero-order valence-corrected chi connectivity index (χ0v) is 12.5. The molecule has 0 bridgehead atoms. The van der Waals surface area contributed by atoms with E-state index in [1.165, 1.54) is 16.5 Å². The van der Waals surface area contributed by atoms with Gasteiger partial charge in [-0.2, -0.15) is 0 Å². The van der Waals surface area contributed by atoms with Crippen molar-refractivity contribution in [2.24, 2.45) is 0 Å². The Kier molecular flexibility index (Phi) is 2.97. The Hall–Kier alpha value is -2.61. The molecule has 0 aliphatic heterocycles. The molecule has 3 aromatic rings. The molecule has 0 atom stereocenters. The van der Waals surface area contributed by atoms with Gasteiger partial charge in [0.15, 0.2) is 0 Å². The van der Waals surface area contributed by atoms with Crippen molar-refractivity contribution in [2.75, 3.05) is 5.32 Å². The molecule has 0 spiro atoms. The van der Waals surface area contributed by atoms with Gasteiger partial charge in [0, 0.05) is 11.3 Å². The number of anilines is 1. The predicted octanol–water partition coefficient (Wildman–Crippen LogP) is 4.50. The number of aryl methyl sites for hydroxylation is 3. The second-order valence-corrected chi connectivity index (χ2v) is 5.88. The third-order valence-electron chi connectivity index (χ3n) is 4.51. The maximum Gasteiger partial charge on any atom is 0.256 e. The van der Waals surface area contributed by atoms with E-state index in [4.69, 9.17) is 0 Å². The fraction of sp³-hybridized carbons (Fsp3) is 0.150. The molecular weight excluding hydrogens is 270 g/mol. The Morgan fingerprint density at radius 1 is 0.909 bits per heavy atom. The van der Waals surface area contributed by atoms with Crippen molar-refractivity contribution in [3.8, 4) is 0 Å². The molecule has 2 heteroatoms. The Balaban J connectivity index is 1.79. The first-order valence-corrected chi connectivity index (χ1v) is 7.64. The minimum absolute atomic E-state index is 0.0371. The zero-order chi connectivity index (χ0) is 15.1. The van der Waals surface area contributed by atoms with Gasteiger partial charge in [0.05, 0.1) is 0 Å². The number of hydrogen-bond donors (Lipinski definition) is 1. The molecule has 0 unspecified atom stereocenters. The lowest BCUT2D eigenvalue weighted by atomic mass is 9.99. The van der Waals surface area contributed by atoms with Crippen LogP contribution in [0.2, 0.25) is 0 Å². The van der Waals surface area contributed by atoms with Gasteiger partial charge in [-0.05, 0) is 59.4 Å². The van der Waals surface area contributed by atoms with Gasteiger partial charge in [0.2, 0.25) is 0 Å². The summed E-state index contributed by atoms with van der Waals surface area (Å²) in [5, 5.41) is 5.38. The van der Waals surface area contributed by atoms with Crippen LogP contribution in [0.5, 0.6) is 0 Å². The number of rotatable bonds is 2. The molecule has 2 nitrogen and oxygen atoms in total. The molecule has 3 aromatic carbocycles. The van der Waals surface area contributed by atoms with Gasteiger partial charge in [-0.3, -0.25) is 4.79 Å². The summed E-state index contributed by atoms with van der Waals surface area (Å²) in [6.07, 6.45) is 2.16. The van der Waals surface area contributed by atoms with Crippen LogP contribution in [0.15, 0.2) is 54.6 Å². The molecular formula is C20H17NO. The standard InChI is InChI=1S/C20H17NO/c1-13-5-2-3-8-18(13)21-20(22)17-12-11-15-10-9-14-6-4-7-16(17)19(14)15/h2-8,11-12H,9-10H2,1H3,(H,21,22). The van der Waals surface area contributed by atoms with Crippen LogP contribution < -0.4 is 5.32 Å². The van der Waals surface area contributed by atoms with E-state index < -0.39 is 0 Å². The van der Waals surface area contributed by atoms with Crippen LogP contribution >= 0.6 is 0 Å². The Bertz CT molecular complexity index is 885. The van der Waals surface area contributed by atoms with Crippen molar-refractivity contribution < 1.29 is 4.79 Å². The lowest BCUT2D eigenvalue weighted by molar-refractivity contribution is 0.102. The fourth-order valence-electron chi connectivity index (χ4n) is 3.35. The first-order valence-electron chi connectivity index (χ1n) is 7.64. The zero-order valence-electron chi connectivity index (χ0n) is 12.5. The second kappa shape index (κ2) is 4.99. The Labute approximate surface area is 129 Å². The predicted molar refractivity (Wildman–Crippen MR) is 90.5 cm³/mol. The van der Waals surface area contributed by atoms with E-state index in [9.17, 15) is 4.79 Å². The molecule has 0 aromatic heterocycles.